The Morgan fingerprint density at radius 1 is 0.972 bits per heavy atom. The van der Waals surface area contributed by atoms with Gasteiger partial charge in [0.1, 0.15) is 11.9 Å². The van der Waals surface area contributed by atoms with Crippen LogP contribution in [0.25, 0.3) is 21.9 Å². The highest BCUT2D eigenvalue weighted by Gasteiger charge is 2.43. The van der Waals surface area contributed by atoms with Crippen LogP contribution in [0, 0.1) is 0 Å². The molecule has 5 nitrogen and oxygen atoms in total. The zero-order valence-electron chi connectivity index (χ0n) is 20.2. The first-order chi connectivity index (χ1) is 17.6. The van der Waals surface area contributed by atoms with Crippen LogP contribution in [0.3, 0.4) is 0 Å². The molecule has 2 atom stereocenters. The van der Waals surface area contributed by atoms with E-state index in [4.69, 9.17) is 16.6 Å². The number of hydrogen-bond donors (Lipinski definition) is 0. The minimum atomic E-state index is -0.261. The molecule has 6 heteroatoms. The molecule has 0 bridgehead atoms. The highest BCUT2D eigenvalue weighted by atomic mass is 35.5. The molecule has 3 aromatic carbocycles. The van der Waals surface area contributed by atoms with Crippen LogP contribution in [-0.2, 0) is 11.2 Å². The first kappa shape index (κ1) is 21.7. The van der Waals surface area contributed by atoms with E-state index >= 15 is 0 Å². The Labute approximate surface area is 215 Å². The van der Waals surface area contributed by atoms with Crippen LogP contribution in [0.5, 0.6) is 0 Å². The molecular formula is C30H27ClN4O. The number of rotatable bonds is 3. The second kappa shape index (κ2) is 8.24. The topological polar surface area (TPSA) is 39.5 Å². The van der Waals surface area contributed by atoms with Gasteiger partial charge in [0.15, 0.2) is 0 Å². The quantitative estimate of drug-likeness (QED) is 0.315. The van der Waals surface area contributed by atoms with Crippen molar-refractivity contribution in [2.75, 3.05) is 36.0 Å². The van der Waals surface area contributed by atoms with Gasteiger partial charge < -0.3 is 14.7 Å². The Morgan fingerprint density at radius 3 is 2.67 bits per heavy atom. The Kier molecular flexibility index (Phi) is 4.97. The molecule has 0 radical (unpaired) electrons. The van der Waals surface area contributed by atoms with Gasteiger partial charge in [0.2, 0.25) is 5.91 Å². The maximum absolute atomic E-state index is 13.8. The number of pyridine rings is 1. The lowest BCUT2D eigenvalue weighted by molar-refractivity contribution is -0.127. The lowest BCUT2D eigenvalue weighted by Crippen LogP contribution is -2.58. The van der Waals surface area contributed by atoms with E-state index in [-0.39, 0.29) is 11.9 Å². The van der Waals surface area contributed by atoms with Crippen LogP contribution in [-0.4, -0.2) is 54.1 Å². The van der Waals surface area contributed by atoms with Crippen molar-refractivity contribution in [3.63, 3.8) is 0 Å². The Morgan fingerprint density at radius 2 is 1.81 bits per heavy atom. The number of fused-ring (bicyclic) bond motifs is 4. The van der Waals surface area contributed by atoms with Crippen LogP contribution in [0.2, 0.25) is 5.02 Å². The number of amides is 1. The van der Waals surface area contributed by atoms with E-state index < -0.39 is 0 Å². The molecular weight excluding hydrogens is 468 g/mol. The molecule has 3 aliphatic rings. The van der Waals surface area contributed by atoms with Crippen molar-refractivity contribution in [1.29, 1.82) is 0 Å². The summed E-state index contributed by atoms with van der Waals surface area (Å²) in [4.78, 5) is 25.2. The van der Waals surface area contributed by atoms with E-state index in [0.717, 1.165) is 42.6 Å². The molecule has 0 spiro atoms. The fourth-order valence-electron chi connectivity index (χ4n) is 6.01. The van der Waals surface area contributed by atoms with E-state index in [0.29, 0.717) is 17.6 Å². The number of anilines is 2. The fourth-order valence-corrected chi connectivity index (χ4v) is 6.19. The van der Waals surface area contributed by atoms with Crippen molar-refractivity contribution < 1.29 is 4.79 Å². The number of aromatic nitrogens is 1. The van der Waals surface area contributed by atoms with Gasteiger partial charge in [0, 0.05) is 60.9 Å². The smallest absolute Gasteiger partial charge is 0.247 e. The fraction of sp³-hybridized carbons (Fsp3) is 0.267. The predicted molar refractivity (Wildman–Crippen MR) is 146 cm³/mol. The molecule has 4 aromatic rings. The zero-order valence-corrected chi connectivity index (χ0v) is 20.9. The van der Waals surface area contributed by atoms with Gasteiger partial charge in [-0.15, -0.1) is 0 Å². The molecule has 2 unspecified atom stereocenters. The first-order valence-electron chi connectivity index (χ1n) is 12.6. The minimum Gasteiger partial charge on any atom is -0.356 e. The summed E-state index contributed by atoms with van der Waals surface area (Å²) in [6, 6.07) is 23.2. The third-order valence-electron chi connectivity index (χ3n) is 7.95. The number of carbonyl (C=O) groups is 1. The van der Waals surface area contributed by atoms with Crippen LogP contribution >= 0.6 is 11.6 Å². The summed E-state index contributed by atoms with van der Waals surface area (Å²) in [5.41, 5.74) is 6.49. The molecule has 0 N–H and O–H groups in total. The maximum atomic E-state index is 13.8. The van der Waals surface area contributed by atoms with Crippen LogP contribution in [0.15, 0.2) is 72.9 Å². The lowest BCUT2D eigenvalue weighted by atomic mass is 10.0. The number of carbonyl (C=O) groups excluding carboxylic acids is 1. The van der Waals surface area contributed by atoms with E-state index in [1.54, 1.807) is 0 Å². The van der Waals surface area contributed by atoms with E-state index in [1.165, 1.54) is 27.9 Å². The van der Waals surface area contributed by atoms with Crippen molar-refractivity contribution in [3.8, 4) is 11.1 Å². The zero-order chi connectivity index (χ0) is 24.4. The van der Waals surface area contributed by atoms with Crippen molar-refractivity contribution in [2.24, 2.45) is 0 Å². The SMILES string of the molecule is CC1CN1C(=O)C1CN(c2nccc3cc(Cl)ccc23)CCN1c1cccc2c1Cc1ccccc1-2. The second-order valence-corrected chi connectivity index (χ2v) is 10.6. The largest absolute Gasteiger partial charge is 0.356 e. The average Bonchev–Trinajstić information content (AvgIpc) is 3.51. The number of benzene rings is 3. The molecule has 36 heavy (non-hydrogen) atoms. The van der Waals surface area contributed by atoms with Crippen molar-refractivity contribution in [2.45, 2.75) is 25.4 Å². The highest BCUT2D eigenvalue weighted by Crippen LogP contribution is 2.42. The molecule has 2 aliphatic heterocycles. The summed E-state index contributed by atoms with van der Waals surface area (Å²) in [7, 11) is 0. The van der Waals surface area contributed by atoms with Gasteiger partial charge in [-0.1, -0.05) is 48.0 Å². The predicted octanol–water partition coefficient (Wildman–Crippen LogP) is 5.39. The van der Waals surface area contributed by atoms with E-state index in [9.17, 15) is 4.79 Å². The maximum Gasteiger partial charge on any atom is 0.247 e. The normalized spacial score (nSPS) is 20.4. The van der Waals surface area contributed by atoms with Gasteiger partial charge in [-0.2, -0.15) is 0 Å². The Hall–Kier alpha value is -3.57. The highest BCUT2D eigenvalue weighted by molar-refractivity contribution is 6.31. The summed E-state index contributed by atoms with van der Waals surface area (Å²) in [6.07, 6.45) is 2.75. The van der Waals surface area contributed by atoms with Gasteiger partial charge >= 0.3 is 0 Å². The minimum absolute atomic E-state index is 0.212. The van der Waals surface area contributed by atoms with E-state index in [1.807, 2.05) is 35.4 Å². The molecule has 1 aromatic heterocycles. The summed E-state index contributed by atoms with van der Waals surface area (Å²) in [5, 5.41) is 2.85. The van der Waals surface area contributed by atoms with Gasteiger partial charge in [-0.25, -0.2) is 4.98 Å². The first-order valence-corrected chi connectivity index (χ1v) is 13.0. The molecule has 1 aliphatic carbocycles. The van der Waals surface area contributed by atoms with Crippen LogP contribution < -0.4 is 9.80 Å². The number of halogens is 1. The molecule has 180 valence electrons. The Bertz CT molecular complexity index is 1520. The third-order valence-corrected chi connectivity index (χ3v) is 8.18. The van der Waals surface area contributed by atoms with Crippen LogP contribution in [0.4, 0.5) is 11.5 Å². The van der Waals surface area contributed by atoms with Crippen molar-refractivity contribution in [3.05, 3.63) is 89.1 Å². The molecule has 2 saturated heterocycles. The Balaban J connectivity index is 1.27. The standard InChI is InChI=1S/C30H27ClN4O/c1-19-17-35(19)30(36)28-18-33(29-24-10-9-22(31)15-21(24)11-12-32-29)13-14-34(28)27-8-4-7-25-23-6-3-2-5-20(23)16-26(25)27/h2-12,15,19,28H,13-14,16-18H2,1H3. The molecule has 0 saturated carbocycles. The summed E-state index contributed by atoms with van der Waals surface area (Å²) in [6.45, 7) is 5.12. The van der Waals surface area contributed by atoms with Gasteiger partial charge in [0.05, 0.1) is 0 Å². The third kappa shape index (κ3) is 3.45. The van der Waals surface area contributed by atoms with Crippen molar-refractivity contribution in [1.82, 2.24) is 9.88 Å². The summed E-state index contributed by atoms with van der Waals surface area (Å²) >= 11 is 6.25. The number of piperazine rings is 1. The lowest BCUT2D eigenvalue weighted by Gasteiger charge is -2.43. The number of hydrogen-bond acceptors (Lipinski definition) is 4. The molecule has 1 amide bonds. The average molecular weight is 495 g/mol. The monoisotopic (exact) mass is 494 g/mol. The second-order valence-electron chi connectivity index (χ2n) is 10.1. The molecule has 7 rings (SSSR count). The summed E-state index contributed by atoms with van der Waals surface area (Å²) in [5.74, 6) is 1.13. The van der Waals surface area contributed by atoms with Gasteiger partial charge in [0.25, 0.3) is 0 Å². The molecule has 3 heterocycles. The molecule has 2 fully saturated rings. The van der Waals surface area contributed by atoms with E-state index in [2.05, 4.69) is 59.2 Å². The van der Waals surface area contributed by atoms with Crippen molar-refractivity contribution >= 4 is 39.8 Å². The van der Waals surface area contributed by atoms with Gasteiger partial charge in [-0.3, -0.25) is 4.79 Å². The summed E-state index contributed by atoms with van der Waals surface area (Å²) < 4.78 is 0. The van der Waals surface area contributed by atoms with Crippen LogP contribution in [0.1, 0.15) is 18.1 Å². The number of nitrogens with zero attached hydrogens (tertiary/aromatic N) is 4. The van der Waals surface area contributed by atoms with Gasteiger partial charge in [-0.05, 0) is 64.9 Å².